The standard InChI is InChI=1S/C16H21NO2/c1-5-7-12-13-10-11(3)8-9-14(13)17(4)15(12)16(18)19-6-2/h8-10H,5-7H2,1-4H3. The van der Waals surface area contributed by atoms with E-state index in [1.54, 1.807) is 0 Å². The maximum Gasteiger partial charge on any atom is 0.355 e. The minimum absolute atomic E-state index is 0.220. The van der Waals surface area contributed by atoms with Crippen molar-refractivity contribution in [3.63, 3.8) is 0 Å². The average Bonchev–Trinajstić information content (AvgIpc) is 2.63. The molecule has 1 aromatic heterocycles. The van der Waals surface area contributed by atoms with Crippen molar-refractivity contribution in [2.45, 2.75) is 33.6 Å². The van der Waals surface area contributed by atoms with E-state index in [0.29, 0.717) is 12.3 Å². The van der Waals surface area contributed by atoms with Gasteiger partial charge in [-0.15, -0.1) is 0 Å². The molecule has 3 heteroatoms. The Morgan fingerprint density at radius 1 is 1.32 bits per heavy atom. The number of ether oxygens (including phenoxy) is 1. The monoisotopic (exact) mass is 259 g/mol. The van der Waals surface area contributed by atoms with E-state index >= 15 is 0 Å². The maximum atomic E-state index is 12.2. The Morgan fingerprint density at radius 3 is 2.68 bits per heavy atom. The summed E-state index contributed by atoms with van der Waals surface area (Å²) in [7, 11) is 1.93. The molecule has 0 unspecified atom stereocenters. The fourth-order valence-corrected chi connectivity index (χ4v) is 2.60. The molecule has 0 spiro atoms. The second-order valence-electron chi connectivity index (χ2n) is 4.88. The summed E-state index contributed by atoms with van der Waals surface area (Å²) in [5, 5.41) is 1.17. The van der Waals surface area contributed by atoms with Gasteiger partial charge in [0.2, 0.25) is 0 Å². The van der Waals surface area contributed by atoms with E-state index in [1.165, 1.54) is 10.9 Å². The molecule has 102 valence electrons. The smallest absolute Gasteiger partial charge is 0.355 e. The van der Waals surface area contributed by atoms with Gasteiger partial charge in [-0.2, -0.15) is 0 Å². The van der Waals surface area contributed by atoms with Gasteiger partial charge in [-0.25, -0.2) is 4.79 Å². The summed E-state index contributed by atoms with van der Waals surface area (Å²) < 4.78 is 7.15. The van der Waals surface area contributed by atoms with Crippen LogP contribution in [0, 0.1) is 6.92 Å². The van der Waals surface area contributed by atoms with Crippen molar-refractivity contribution in [1.29, 1.82) is 0 Å². The molecule has 0 aliphatic carbocycles. The van der Waals surface area contributed by atoms with Gasteiger partial charge in [-0.1, -0.05) is 25.0 Å². The van der Waals surface area contributed by atoms with Crippen LogP contribution in [0.3, 0.4) is 0 Å². The highest BCUT2D eigenvalue weighted by Crippen LogP contribution is 2.28. The van der Waals surface area contributed by atoms with Crippen molar-refractivity contribution in [2.75, 3.05) is 6.61 Å². The van der Waals surface area contributed by atoms with Crippen LogP contribution >= 0.6 is 0 Å². The normalized spacial score (nSPS) is 10.9. The minimum Gasteiger partial charge on any atom is -0.461 e. The van der Waals surface area contributed by atoms with Crippen molar-refractivity contribution < 1.29 is 9.53 Å². The van der Waals surface area contributed by atoms with Crippen LogP contribution in [-0.2, 0) is 18.2 Å². The number of nitrogens with zero attached hydrogens (tertiary/aromatic N) is 1. The van der Waals surface area contributed by atoms with Crippen LogP contribution < -0.4 is 0 Å². The number of rotatable bonds is 4. The van der Waals surface area contributed by atoms with Crippen LogP contribution in [0.15, 0.2) is 18.2 Å². The van der Waals surface area contributed by atoms with E-state index in [4.69, 9.17) is 4.74 Å². The number of aromatic nitrogens is 1. The first-order valence-electron chi connectivity index (χ1n) is 6.85. The zero-order valence-corrected chi connectivity index (χ0v) is 12.1. The summed E-state index contributed by atoms with van der Waals surface area (Å²) in [4.78, 5) is 12.2. The average molecular weight is 259 g/mol. The molecule has 1 aromatic carbocycles. The predicted octanol–water partition coefficient (Wildman–Crippen LogP) is 3.62. The van der Waals surface area contributed by atoms with Gasteiger partial charge in [-0.3, -0.25) is 0 Å². The van der Waals surface area contributed by atoms with Crippen LogP contribution in [0.2, 0.25) is 0 Å². The number of aryl methyl sites for hydroxylation is 3. The van der Waals surface area contributed by atoms with E-state index in [-0.39, 0.29) is 5.97 Å². The number of hydrogen-bond donors (Lipinski definition) is 0. The van der Waals surface area contributed by atoms with Gasteiger partial charge >= 0.3 is 5.97 Å². The molecule has 2 aromatic rings. The zero-order chi connectivity index (χ0) is 14.0. The Balaban J connectivity index is 2.70. The summed E-state index contributed by atoms with van der Waals surface area (Å²) in [5.41, 5.74) is 4.12. The largest absolute Gasteiger partial charge is 0.461 e. The van der Waals surface area contributed by atoms with Gasteiger partial charge in [-0.05, 0) is 38.0 Å². The first-order valence-corrected chi connectivity index (χ1v) is 6.85. The first kappa shape index (κ1) is 13.7. The number of carbonyl (C=O) groups excluding carboxylic acids is 1. The quantitative estimate of drug-likeness (QED) is 0.785. The summed E-state index contributed by atoms with van der Waals surface area (Å²) in [6.45, 7) is 6.45. The summed E-state index contributed by atoms with van der Waals surface area (Å²) in [6.07, 6.45) is 1.91. The lowest BCUT2D eigenvalue weighted by atomic mass is 10.0. The lowest BCUT2D eigenvalue weighted by molar-refractivity contribution is 0.0514. The van der Waals surface area contributed by atoms with E-state index < -0.39 is 0 Å². The Hall–Kier alpha value is -1.77. The van der Waals surface area contributed by atoms with Crippen molar-refractivity contribution in [1.82, 2.24) is 4.57 Å². The van der Waals surface area contributed by atoms with Gasteiger partial charge in [0.25, 0.3) is 0 Å². The summed E-state index contributed by atoms with van der Waals surface area (Å²) >= 11 is 0. The van der Waals surface area contributed by atoms with Crippen molar-refractivity contribution in [3.8, 4) is 0 Å². The predicted molar refractivity (Wildman–Crippen MR) is 77.6 cm³/mol. The molecule has 19 heavy (non-hydrogen) atoms. The van der Waals surface area contributed by atoms with Crippen molar-refractivity contribution >= 4 is 16.9 Å². The fourth-order valence-electron chi connectivity index (χ4n) is 2.60. The third kappa shape index (κ3) is 2.37. The van der Waals surface area contributed by atoms with E-state index in [0.717, 1.165) is 23.9 Å². The topological polar surface area (TPSA) is 31.2 Å². The number of carbonyl (C=O) groups is 1. The first-order chi connectivity index (χ1) is 9.10. The third-order valence-corrected chi connectivity index (χ3v) is 3.43. The molecule has 0 fully saturated rings. The number of esters is 1. The fraction of sp³-hybridized carbons (Fsp3) is 0.438. The molecule has 0 saturated heterocycles. The third-order valence-electron chi connectivity index (χ3n) is 3.43. The second kappa shape index (κ2) is 5.47. The molecule has 0 saturated carbocycles. The highest BCUT2D eigenvalue weighted by Gasteiger charge is 2.21. The second-order valence-corrected chi connectivity index (χ2v) is 4.88. The Kier molecular flexibility index (Phi) is 3.93. The number of hydrogen-bond acceptors (Lipinski definition) is 2. The van der Waals surface area contributed by atoms with Crippen molar-refractivity contribution in [3.05, 3.63) is 35.0 Å². The van der Waals surface area contributed by atoms with Crippen LogP contribution in [0.4, 0.5) is 0 Å². The summed E-state index contributed by atoms with van der Waals surface area (Å²) in [6, 6.07) is 6.31. The molecule has 0 bridgehead atoms. The zero-order valence-electron chi connectivity index (χ0n) is 12.1. The Morgan fingerprint density at radius 2 is 2.05 bits per heavy atom. The van der Waals surface area contributed by atoms with Crippen LogP contribution in [0.1, 0.15) is 41.9 Å². The van der Waals surface area contributed by atoms with Gasteiger partial charge in [0, 0.05) is 18.0 Å². The maximum absolute atomic E-state index is 12.2. The lowest BCUT2D eigenvalue weighted by Crippen LogP contribution is -2.12. The SMILES string of the molecule is CCCc1c(C(=O)OCC)n(C)c2ccc(C)cc12. The van der Waals surface area contributed by atoms with Crippen LogP contribution in [0.5, 0.6) is 0 Å². The molecule has 3 nitrogen and oxygen atoms in total. The molecule has 0 N–H and O–H groups in total. The highest BCUT2D eigenvalue weighted by atomic mass is 16.5. The molecular weight excluding hydrogens is 238 g/mol. The molecule has 1 heterocycles. The highest BCUT2D eigenvalue weighted by molar-refractivity contribution is 5.99. The van der Waals surface area contributed by atoms with E-state index in [2.05, 4.69) is 32.0 Å². The van der Waals surface area contributed by atoms with Crippen LogP contribution in [-0.4, -0.2) is 17.1 Å². The van der Waals surface area contributed by atoms with Crippen molar-refractivity contribution in [2.24, 2.45) is 7.05 Å². The Labute approximate surface area is 114 Å². The van der Waals surface area contributed by atoms with Gasteiger partial charge in [0.15, 0.2) is 0 Å². The molecule has 0 aliphatic rings. The Bertz CT molecular complexity index is 611. The molecule has 0 atom stereocenters. The summed E-state index contributed by atoms with van der Waals surface area (Å²) in [5.74, 6) is -0.220. The van der Waals surface area contributed by atoms with E-state index in [9.17, 15) is 4.79 Å². The molecule has 0 aliphatic heterocycles. The molecule has 0 amide bonds. The van der Waals surface area contributed by atoms with Gasteiger partial charge in [0.05, 0.1) is 6.61 Å². The van der Waals surface area contributed by atoms with E-state index in [1.807, 2.05) is 18.5 Å². The number of fused-ring (bicyclic) bond motifs is 1. The van der Waals surface area contributed by atoms with Crippen LogP contribution in [0.25, 0.3) is 10.9 Å². The molecule has 0 radical (unpaired) electrons. The lowest BCUT2D eigenvalue weighted by Gasteiger charge is -2.06. The molecule has 2 rings (SSSR count). The van der Waals surface area contributed by atoms with Gasteiger partial charge < -0.3 is 9.30 Å². The molecular formula is C16H21NO2. The number of benzene rings is 1. The van der Waals surface area contributed by atoms with Gasteiger partial charge in [0.1, 0.15) is 5.69 Å². The minimum atomic E-state index is -0.220.